The zero-order valence-corrected chi connectivity index (χ0v) is 11.6. The molecule has 1 unspecified atom stereocenters. The fourth-order valence-electron chi connectivity index (χ4n) is 1.71. The molecule has 0 radical (unpaired) electrons. The van der Waals surface area contributed by atoms with Gasteiger partial charge in [0.1, 0.15) is 6.79 Å². The number of esters is 1. The molecule has 0 N–H and O–H groups in total. The second-order valence-electron chi connectivity index (χ2n) is 4.02. The van der Waals surface area contributed by atoms with Crippen molar-refractivity contribution in [3.8, 4) is 0 Å². The van der Waals surface area contributed by atoms with E-state index in [1.165, 1.54) is 7.11 Å². The van der Waals surface area contributed by atoms with Gasteiger partial charge >= 0.3 is 5.97 Å². The van der Waals surface area contributed by atoms with E-state index in [1.54, 1.807) is 7.11 Å². The van der Waals surface area contributed by atoms with Crippen molar-refractivity contribution in [1.29, 1.82) is 0 Å². The molecule has 0 fully saturated rings. The molecular weight excluding hydrogens is 244 g/mol. The number of carbonyl (C=O) groups is 1. The third-order valence-electron chi connectivity index (χ3n) is 2.65. The van der Waals surface area contributed by atoms with Crippen LogP contribution in [0.3, 0.4) is 0 Å². The van der Waals surface area contributed by atoms with Crippen LogP contribution in [0.1, 0.15) is 24.0 Å². The largest absolute Gasteiger partial charge is 0.468 e. The molecule has 0 aliphatic carbocycles. The quantitative estimate of drug-likeness (QED) is 0.329. The number of rotatable bonds is 7. The Labute approximate surface area is 114 Å². The van der Waals surface area contributed by atoms with Crippen LogP contribution < -0.4 is 0 Å². The van der Waals surface area contributed by atoms with Crippen LogP contribution >= 0.6 is 0 Å². The molecule has 4 heteroatoms. The molecule has 0 aliphatic rings. The van der Waals surface area contributed by atoms with E-state index in [2.05, 4.69) is 0 Å². The molecule has 1 aromatic carbocycles. The number of allylic oxidation sites excluding steroid dienone is 1. The molecule has 0 heterocycles. The molecule has 0 spiro atoms. The van der Waals surface area contributed by atoms with E-state index >= 15 is 0 Å². The summed E-state index contributed by atoms with van der Waals surface area (Å²) in [6.45, 7) is 2.63. The Balaban J connectivity index is 2.74. The molecule has 0 amide bonds. The number of ether oxygens (including phenoxy) is 3. The molecule has 19 heavy (non-hydrogen) atoms. The smallest absolute Gasteiger partial charge is 0.317 e. The highest BCUT2D eigenvalue weighted by molar-refractivity contribution is 5.80. The van der Waals surface area contributed by atoms with Crippen molar-refractivity contribution >= 4 is 5.97 Å². The maximum atomic E-state index is 11.7. The normalized spacial score (nSPS) is 12.6. The Morgan fingerprint density at radius 1 is 1.26 bits per heavy atom. The van der Waals surface area contributed by atoms with Gasteiger partial charge in [-0.1, -0.05) is 36.4 Å². The predicted molar refractivity (Wildman–Crippen MR) is 72.7 cm³/mol. The van der Waals surface area contributed by atoms with E-state index in [0.717, 1.165) is 11.1 Å². The van der Waals surface area contributed by atoms with E-state index in [1.807, 2.05) is 43.3 Å². The van der Waals surface area contributed by atoms with Gasteiger partial charge in [-0.2, -0.15) is 0 Å². The van der Waals surface area contributed by atoms with Crippen molar-refractivity contribution < 1.29 is 19.0 Å². The number of hydrogen-bond donors (Lipinski definition) is 0. The summed E-state index contributed by atoms with van der Waals surface area (Å²) in [5, 5.41) is 0. The molecule has 4 nitrogen and oxygen atoms in total. The maximum absolute atomic E-state index is 11.7. The van der Waals surface area contributed by atoms with E-state index in [4.69, 9.17) is 14.2 Å². The lowest BCUT2D eigenvalue weighted by atomic mass is 9.97. The average molecular weight is 264 g/mol. The lowest BCUT2D eigenvalue weighted by Gasteiger charge is -2.11. The van der Waals surface area contributed by atoms with Crippen molar-refractivity contribution in [2.45, 2.75) is 19.4 Å². The van der Waals surface area contributed by atoms with Gasteiger partial charge in [-0.3, -0.25) is 4.79 Å². The highest BCUT2D eigenvalue weighted by Gasteiger charge is 2.17. The zero-order chi connectivity index (χ0) is 14.1. The van der Waals surface area contributed by atoms with Gasteiger partial charge in [0.05, 0.1) is 19.6 Å². The molecule has 1 aromatic rings. The topological polar surface area (TPSA) is 44.8 Å². The first-order chi connectivity index (χ1) is 9.22. The summed E-state index contributed by atoms with van der Waals surface area (Å²) < 4.78 is 14.9. The van der Waals surface area contributed by atoms with Crippen LogP contribution in [0.15, 0.2) is 36.4 Å². The average Bonchev–Trinajstić information content (AvgIpc) is 2.45. The highest BCUT2D eigenvalue weighted by atomic mass is 16.7. The first-order valence-electron chi connectivity index (χ1n) is 6.09. The fourth-order valence-corrected chi connectivity index (χ4v) is 1.71. The first-order valence-corrected chi connectivity index (χ1v) is 6.09. The van der Waals surface area contributed by atoms with Gasteiger partial charge < -0.3 is 14.2 Å². The SMILES string of the molecule is C/C=C/C(C(=O)OC)c1ccc(COCOC)cc1. The second-order valence-corrected chi connectivity index (χ2v) is 4.02. The van der Waals surface area contributed by atoms with E-state index in [9.17, 15) is 4.79 Å². The summed E-state index contributed by atoms with van der Waals surface area (Å²) in [7, 11) is 2.98. The van der Waals surface area contributed by atoms with Crippen molar-refractivity contribution in [2.24, 2.45) is 0 Å². The number of carbonyl (C=O) groups excluding carboxylic acids is 1. The number of benzene rings is 1. The predicted octanol–water partition coefficient (Wildman–Crippen LogP) is 2.64. The van der Waals surface area contributed by atoms with Crippen LogP contribution in [-0.4, -0.2) is 27.0 Å². The van der Waals surface area contributed by atoms with Crippen LogP contribution in [0, 0.1) is 0 Å². The lowest BCUT2D eigenvalue weighted by molar-refractivity contribution is -0.141. The van der Waals surface area contributed by atoms with Gasteiger partial charge in [-0.15, -0.1) is 0 Å². The minimum absolute atomic E-state index is 0.263. The van der Waals surface area contributed by atoms with Gasteiger partial charge in [-0.25, -0.2) is 0 Å². The molecule has 0 bridgehead atoms. The maximum Gasteiger partial charge on any atom is 0.317 e. The molecule has 1 rings (SSSR count). The molecule has 0 aliphatic heterocycles. The third kappa shape index (κ3) is 4.85. The van der Waals surface area contributed by atoms with Crippen LogP contribution in [0.2, 0.25) is 0 Å². The van der Waals surface area contributed by atoms with Crippen molar-refractivity contribution in [3.05, 3.63) is 47.5 Å². The van der Waals surface area contributed by atoms with E-state index < -0.39 is 0 Å². The van der Waals surface area contributed by atoms with E-state index in [0.29, 0.717) is 6.61 Å². The minimum Gasteiger partial charge on any atom is -0.468 e. The van der Waals surface area contributed by atoms with E-state index in [-0.39, 0.29) is 18.7 Å². The summed E-state index contributed by atoms with van der Waals surface area (Å²) in [6, 6.07) is 7.69. The molecule has 0 saturated carbocycles. The number of methoxy groups -OCH3 is 2. The Morgan fingerprint density at radius 2 is 1.95 bits per heavy atom. The highest BCUT2D eigenvalue weighted by Crippen LogP contribution is 2.20. The Hall–Kier alpha value is -1.65. The lowest BCUT2D eigenvalue weighted by Crippen LogP contribution is -2.12. The van der Waals surface area contributed by atoms with Gasteiger partial charge in [0, 0.05) is 7.11 Å². The summed E-state index contributed by atoms with van der Waals surface area (Å²) in [5.41, 5.74) is 1.94. The fraction of sp³-hybridized carbons (Fsp3) is 0.400. The van der Waals surface area contributed by atoms with Crippen molar-refractivity contribution in [3.63, 3.8) is 0 Å². The third-order valence-corrected chi connectivity index (χ3v) is 2.65. The molecular formula is C15H20O4. The molecule has 0 aromatic heterocycles. The molecule has 0 saturated heterocycles. The van der Waals surface area contributed by atoms with Gasteiger partial charge in [-0.05, 0) is 18.1 Å². The Bertz CT molecular complexity index is 409. The zero-order valence-electron chi connectivity index (χ0n) is 11.6. The van der Waals surface area contributed by atoms with Crippen molar-refractivity contribution in [1.82, 2.24) is 0 Å². The molecule has 104 valence electrons. The Kier molecular flexibility index (Phi) is 6.85. The number of hydrogen-bond acceptors (Lipinski definition) is 4. The monoisotopic (exact) mass is 264 g/mol. The first kappa shape index (κ1) is 15.4. The van der Waals surface area contributed by atoms with Gasteiger partial charge in [0.25, 0.3) is 0 Å². The summed E-state index contributed by atoms with van der Waals surface area (Å²) in [4.78, 5) is 11.7. The summed E-state index contributed by atoms with van der Waals surface area (Å²) in [5.74, 6) is -0.620. The van der Waals surface area contributed by atoms with Gasteiger partial charge in [0.2, 0.25) is 0 Å². The standard InChI is InChI=1S/C15H20O4/c1-4-5-14(15(16)18-3)13-8-6-12(7-9-13)10-19-11-17-2/h4-9,14H,10-11H2,1-3H3/b5-4+. The van der Waals surface area contributed by atoms with Crippen LogP contribution in [0.4, 0.5) is 0 Å². The minimum atomic E-state index is -0.357. The Morgan fingerprint density at radius 3 is 2.47 bits per heavy atom. The summed E-state index contributed by atoms with van der Waals surface area (Å²) >= 11 is 0. The van der Waals surface area contributed by atoms with Crippen molar-refractivity contribution in [2.75, 3.05) is 21.0 Å². The van der Waals surface area contributed by atoms with Crippen LogP contribution in [0.5, 0.6) is 0 Å². The van der Waals surface area contributed by atoms with Crippen LogP contribution in [0.25, 0.3) is 0 Å². The van der Waals surface area contributed by atoms with Crippen LogP contribution in [-0.2, 0) is 25.6 Å². The van der Waals surface area contributed by atoms with Gasteiger partial charge in [0.15, 0.2) is 0 Å². The molecule has 1 atom stereocenters. The summed E-state index contributed by atoms with van der Waals surface area (Å²) in [6.07, 6.45) is 3.67. The second kappa shape index (κ2) is 8.45.